The molecule has 1 fully saturated rings. The Balaban J connectivity index is 1.24. The largest absolute Gasteiger partial charge is 0.479 e. The molecule has 1 unspecified atom stereocenters. The summed E-state index contributed by atoms with van der Waals surface area (Å²) in [5, 5.41) is 15.9. The minimum atomic E-state index is -1.25. The highest BCUT2D eigenvalue weighted by molar-refractivity contribution is 5.97. The number of aliphatic carboxylic acids is 1. The van der Waals surface area contributed by atoms with E-state index < -0.39 is 23.5 Å². The van der Waals surface area contributed by atoms with Crippen molar-refractivity contribution in [3.63, 3.8) is 0 Å². The van der Waals surface area contributed by atoms with Crippen molar-refractivity contribution in [3.05, 3.63) is 71.4 Å². The van der Waals surface area contributed by atoms with Gasteiger partial charge in [0.25, 0.3) is 5.91 Å². The summed E-state index contributed by atoms with van der Waals surface area (Å²) in [4.78, 5) is 38.6. The van der Waals surface area contributed by atoms with Crippen LogP contribution in [0, 0.1) is 0 Å². The van der Waals surface area contributed by atoms with Crippen molar-refractivity contribution in [1.29, 1.82) is 0 Å². The lowest BCUT2D eigenvalue weighted by Gasteiger charge is -2.33. The third-order valence-electron chi connectivity index (χ3n) is 7.02. The Hall–Kier alpha value is -4.14. The van der Waals surface area contributed by atoms with Crippen LogP contribution in [-0.4, -0.2) is 51.8 Å². The summed E-state index contributed by atoms with van der Waals surface area (Å²) in [6.07, 6.45) is 0.523. The number of carbonyl (C=O) groups is 3. The summed E-state index contributed by atoms with van der Waals surface area (Å²) in [6, 6.07) is 17.3. The first-order valence-electron chi connectivity index (χ1n) is 11.6. The van der Waals surface area contributed by atoms with Gasteiger partial charge in [0, 0.05) is 18.5 Å². The number of amides is 2. The number of carboxylic acid groups (broad SMARTS) is 1. The topological polar surface area (TPSA) is 122 Å². The second-order valence-electron chi connectivity index (χ2n) is 8.78. The zero-order valence-corrected chi connectivity index (χ0v) is 19.2. The van der Waals surface area contributed by atoms with Crippen LogP contribution in [0.1, 0.15) is 53.7 Å². The lowest BCUT2D eigenvalue weighted by Crippen LogP contribution is -2.52. The first-order chi connectivity index (χ1) is 16.9. The Bertz CT molecular complexity index is 1260. The number of ether oxygens (including phenoxy) is 1. The summed E-state index contributed by atoms with van der Waals surface area (Å²) in [5.41, 5.74) is 3.12. The van der Waals surface area contributed by atoms with Crippen molar-refractivity contribution in [3.8, 4) is 11.1 Å². The predicted octanol–water partition coefficient (Wildman–Crippen LogP) is 4.51. The normalized spacial score (nSPS) is 18.7. The maximum Gasteiger partial charge on any atom is 0.414 e. The van der Waals surface area contributed by atoms with Gasteiger partial charge in [0.2, 0.25) is 5.88 Å². The third-order valence-corrected chi connectivity index (χ3v) is 7.02. The average Bonchev–Trinajstić information content (AvgIpc) is 3.59. The van der Waals surface area contributed by atoms with E-state index in [0.29, 0.717) is 19.4 Å². The van der Waals surface area contributed by atoms with E-state index in [4.69, 9.17) is 9.26 Å². The molecule has 5 rings (SSSR count). The first kappa shape index (κ1) is 22.6. The van der Waals surface area contributed by atoms with Crippen LogP contribution in [-0.2, 0) is 9.53 Å². The number of carboxylic acids is 1. The zero-order valence-electron chi connectivity index (χ0n) is 19.2. The van der Waals surface area contributed by atoms with Crippen LogP contribution in [0.25, 0.3) is 11.1 Å². The Labute approximate surface area is 201 Å². The SMILES string of the molecule is CCC1(C(=O)O)CCCN1C(=O)c1cc(NC(=O)OCC2c3ccccc3-c3ccccc32)on1. The molecule has 2 amide bonds. The minimum absolute atomic E-state index is 0.0535. The summed E-state index contributed by atoms with van der Waals surface area (Å²) >= 11 is 0. The molecule has 0 radical (unpaired) electrons. The van der Waals surface area contributed by atoms with Crippen LogP contribution >= 0.6 is 0 Å². The number of aromatic nitrogens is 1. The van der Waals surface area contributed by atoms with Crippen molar-refractivity contribution in [2.24, 2.45) is 0 Å². The van der Waals surface area contributed by atoms with Gasteiger partial charge in [-0.2, -0.15) is 0 Å². The summed E-state index contributed by atoms with van der Waals surface area (Å²) in [6.45, 7) is 2.19. The Morgan fingerprint density at radius 3 is 2.43 bits per heavy atom. The lowest BCUT2D eigenvalue weighted by atomic mass is 9.93. The second kappa shape index (κ2) is 8.90. The Morgan fingerprint density at radius 2 is 1.80 bits per heavy atom. The molecule has 1 aliphatic heterocycles. The maximum absolute atomic E-state index is 13.0. The van der Waals surface area contributed by atoms with E-state index in [9.17, 15) is 19.5 Å². The van der Waals surface area contributed by atoms with E-state index in [2.05, 4.69) is 22.6 Å². The van der Waals surface area contributed by atoms with E-state index in [1.807, 2.05) is 36.4 Å². The van der Waals surface area contributed by atoms with Gasteiger partial charge in [-0.3, -0.25) is 10.1 Å². The van der Waals surface area contributed by atoms with Gasteiger partial charge in [0.1, 0.15) is 12.1 Å². The fourth-order valence-corrected chi connectivity index (χ4v) is 5.22. The molecule has 2 aliphatic rings. The molecule has 9 heteroatoms. The molecule has 1 aliphatic carbocycles. The van der Waals surface area contributed by atoms with Gasteiger partial charge in [-0.15, -0.1) is 0 Å². The summed E-state index contributed by atoms with van der Waals surface area (Å²) in [7, 11) is 0. The monoisotopic (exact) mass is 475 g/mol. The fourth-order valence-electron chi connectivity index (χ4n) is 5.22. The Kier molecular flexibility index (Phi) is 5.76. The van der Waals surface area contributed by atoms with Crippen LogP contribution in [0.2, 0.25) is 0 Å². The molecule has 0 bridgehead atoms. The van der Waals surface area contributed by atoms with E-state index in [1.165, 1.54) is 11.0 Å². The molecule has 2 aromatic carbocycles. The minimum Gasteiger partial charge on any atom is -0.479 e. The van der Waals surface area contributed by atoms with Gasteiger partial charge in [-0.25, -0.2) is 9.59 Å². The van der Waals surface area contributed by atoms with Gasteiger partial charge in [-0.1, -0.05) is 60.6 Å². The average molecular weight is 476 g/mol. The summed E-state index contributed by atoms with van der Waals surface area (Å²) < 4.78 is 10.6. The van der Waals surface area contributed by atoms with Gasteiger partial charge in [0.15, 0.2) is 5.69 Å². The van der Waals surface area contributed by atoms with Crippen molar-refractivity contribution in [2.75, 3.05) is 18.5 Å². The molecule has 2 heterocycles. The number of rotatable bonds is 6. The number of carbonyl (C=O) groups excluding carboxylic acids is 2. The van der Waals surface area contributed by atoms with E-state index in [0.717, 1.165) is 22.3 Å². The van der Waals surface area contributed by atoms with Crippen molar-refractivity contribution in [2.45, 2.75) is 37.6 Å². The van der Waals surface area contributed by atoms with E-state index in [-0.39, 0.29) is 30.5 Å². The van der Waals surface area contributed by atoms with Crippen molar-refractivity contribution < 1.29 is 28.8 Å². The molecule has 1 atom stereocenters. The zero-order chi connectivity index (χ0) is 24.6. The number of nitrogens with one attached hydrogen (secondary N) is 1. The molecule has 180 valence electrons. The number of benzene rings is 2. The van der Waals surface area contributed by atoms with E-state index in [1.54, 1.807) is 6.92 Å². The highest BCUT2D eigenvalue weighted by atomic mass is 16.6. The molecule has 0 saturated carbocycles. The quantitative estimate of drug-likeness (QED) is 0.538. The predicted molar refractivity (Wildman–Crippen MR) is 126 cm³/mol. The molecular weight excluding hydrogens is 450 g/mol. The van der Waals surface area contributed by atoms with Crippen LogP contribution < -0.4 is 5.32 Å². The molecule has 2 N–H and O–H groups in total. The van der Waals surface area contributed by atoms with Crippen molar-refractivity contribution >= 4 is 23.9 Å². The fraction of sp³-hybridized carbons (Fsp3) is 0.308. The van der Waals surface area contributed by atoms with Crippen LogP contribution in [0.3, 0.4) is 0 Å². The standard InChI is InChI=1S/C26H25N3O6/c1-2-26(24(31)32)12-7-13-29(26)23(30)21-14-22(35-28-21)27-25(33)34-15-20-18-10-5-3-8-16(18)17-9-4-6-11-19(17)20/h3-6,8-11,14,20H,2,7,12-13,15H2,1H3,(H,27,33)(H,31,32). The lowest BCUT2D eigenvalue weighted by molar-refractivity contribution is -0.148. The smallest absolute Gasteiger partial charge is 0.414 e. The molecule has 3 aromatic rings. The van der Waals surface area contributed by atoms with E-state index >= 15 is 0 Å². The molecule has 1 saturated heterocycles. The summed E-state index contributed by atoms with van der Waals surface area (Å²) in [5.74, 6) is -1.72. The number of anilines is 1. The molecule has 0 spiro atoms. The first-order valence-corrected chi connectivity index (χ1v) is 11.6. The number of hydrogen-bond donors (Lipinski definition) is 2. The second-order valence-corrected chi connectivity index (χ2v) is 8.78. The van der Waals surface area contributed by atoms with Crippen molar-refractivity contribution in [1.82, 2.24) is 10.1 Å². The number of nitrogens with zero attached hydrogens (tertiary/aromatic N) is 2. The van der Waals surface area contributed by atoms with Crippen LogP contribution in [0.4, 0.5) is 10.7 Å². The van der Waals surface area contributed by atoms with Gasteiger partial charge in [0.05, 0.1) is 0 Å². The highest BCUT2D eigenvalue weighted by Gasteiger charge is 2.49. The third kappa shape index (κ3) is 3.82. The van der Waals surface area contributed by atoms with Gasteiger partial charge in [-0.05, 0) is 41.5 Å². The number of likely N-dealkylation sites (tertiary alicyclic amines) is 1. The molecule has 9 nitrogen and oxygen atoms in total. The van der Waals surface area contributed by atoms with Gasteiger partial charge < -0.3 is 19.3 Å². The number of fused-ring (bicyclic) bond motifs is 3. The van der Waals surface area contributed by atoms with Crippen LogP contribution in [0.5, 0.6) is 0 Å². The van der Waals surface area contributed by atoms with Gasteiger partial charge >= 0.3 is 12.1 Å². The van der Waals surface area contributed by atoms with Crippen LogP contribution in [0.15, 0.2) is 59.1 Å². The maximum atomic E-state index is 13.0. The number of hydrogen-bond acceptors (Lipinski definition) is 6. The molecular formula is C26H25N3O6. The molecule has 1 aromatic heterocycles. The molecule has 35 heavy (non-hydrogen) atoms. The highest BCUT2D eigenvalue weighted by Crippen LogP contribution is 2.44. The Morgan fingerprint density at radius 1 is 1.14 bits per heavy atom.